The number of nitrogens with one attached hydrogen (secondary N) is 4. The van der Waals surface area contributed by atoms with E-state index >= 15 is 0 Å². The van der Waals surface area contributed by atoms with Gasteiger partial charge in [0.1, 0.15) is 17.8 Å². The number of hydrogen-bond donors (Lipinski definition) is 6. The number of β-amino-alcohol motifs (C(OH)–C–C–N with tert-alkyl or cyclic N) is 1. The average Bonchev–Trinajstić information content (AvgIpc) is 3.99. The van der Waals surface area contributed by atoms with Gasteiger partial charge in [0.25, 0.3) is 0 Å². The van der Waals surface area contributed by atoms with Crippen molar-refractivity contribution in [1.82, 2.24) is 45.9 Å². The number of aliphatic hydroxyl groups is 1. The molecular formula is C48H61N9O6S. The van der Waals surface area contributed by atoms with Crippen LogP contribution in [0.5, 0.6) is 5.75 Å². The Morgan fingerprint density at radius 1 is 0.922 bits per heavy atom. The molecule has 2 aliphatic heterocycles. The van der Waals surface area contributed by atoms with E-state index < -0.39 is 23.6 Å². The van der Waals surface area contributed by atoms with Gasteiger partial charge in [-0.2, -0.15) is 0 Å². The number of rotatable bonds is 19. The van der Waals surface area contributed by atoms with Crippen molar-refractivity contribution in [1.29, 1.82) is 0 Å². The fourth-order valence-electron chi connectivity index (χ4n) is 8.43. The molecule has 0 radical (unpaired) electrons. The molecule has 5 aromatic rings. The third-order valence-corrected chi connectivity index (χ3v) is 13.2. The zero-order chi connectivity index (χ0) is 45.4. The molecule has 4 amide bonds. The number of aryl methyl sites for hydroxylation is 1. The van der Waals surface area contributed by atoms with Crippen molar-refractivity contribution < 1.29 is 29.4 Å². The normalized spacial score (nSPS) is 17.1. The van der Waals surface area contributed by atoms with E-state index in [1.165, 1.54) is 4.90 Å². The summed E-state index contributed by atoms with van der Waals surface area (Å²) in [6, 6.07) is 17.3. The fraction of sp³-hybridized carbons (Fsp3) is 0.479. The van der Waals surface area contributed by atoms with Crippen LogP contribution in [0, 0.1) is 12.3 Å². The highest BCUT2D eigenvalue weighted by Gasteiger charge is 2.44. The number of carbonyl (C=O) groups is 4. The summed E-state index contributed by atoms with van der Waals surface area (Å²) in [5.41, 5.74) is 7.09. The van der Waals surface area contributed by atoms with Gasteiger partial charge >= 0.3 is 0 Å². The molecule has 0 saturated carbocycles. The topological polar surface area (TPSA) is 206 Å². The van der Waals surface area contributed by atoms with Crippen LogP contribution in [0.2, 0.25) is 0 Å². The van der Waals surface area contributed by atoms with Crippen molar-refractivity contribution in [2.75, 3.05) is 32.7 Å². The number of phenols is 1. The summed E-state index contributed by atoms with van der Waals surface area (Å²) in [5.74, 6) is -0.405. The monoisotopic (exact) mass is 891 g/mol. The zero-order valence-corrected chi connectivity index (χ0v) is 38.0. The Morgan fingerprint density at radius 2 is 1.67 bits per heavy atom. The number of aromatic hydroxyl groups is 1. The lowest BCUT2D eigenvalue weighted by molar-refractivity contribution is -0.144. The number of carbonyl (C=O) groups excluding carboxylic acids is 4. The first-order valence-electron chi connectivity index (χ1n) is 22.4. The number of aliphatic hydroxyl groups excluding tert-OH is 1. The number of H-pyrrole nitrogens is 1. The third kappa shape index (κ3) is 11.5. The smallest absolute Gasteiger partial charge is 0.246 e. The summed E-state index contributed by atoms with van der Waals surface area (Å²) < 4.78 is 0. The molecule has 6 N–H and O–H groups in total. The van der Waals surface area contributed by atoms with Crippen LogP contribution in [0.3, 0.4) is 0 Å². The molecule has 2 aromatic carbocycles. The van der Waals surface area contributed by atoms with Gasteiger partial charge < -0.3 is 40.9 Å². The van der Waals surface area contributed by atoms with Gasteiger partial charge in [0, 0.05) is 74.5 Å². The number of unbranched alkanes of at least 4 members (excludes halogenated alkanes) is 4. The summed E-state index contributed by atoms with van der Waals surface area (Å²) >= 11 is 1.58. The van der Waals surface area contributed by atoms with Gasteiger partial charge in [-0.15, -0.1) is 21.5 Å². The van der Waals surface area contributed by atoms with Crippen molar-refractivity contribution in [3.05, 3.63) is 83.1 Å². The van der Waals surface area contributed by atoms with Gasteiger partial charge in [0.15, 0.2) is 5.65 Å². The molecule has 0 unspecified atom stereocenters. The number of aromatic amines is 1. The molecule has 3 atom stereocenters. The summed E-state index contributed by atoms with van der Waals surface area (Å²) in [6.07, 6.45) is 4.55. The van der Waals surface area contributed by atoms with Crippen molar-refractivity contribution in [2.45, 2.75) is 110 Å². The Hall–Kier alpha value is -5.71. The van der Waals surface area contributed by atoms with Gasteiger partial charge in [-0.25, -0.2) is 4.98 Å². The van der Waals surface area contributed by atoms with Crippen LogP contribution in [0.15, 0.2) is 66.2 Å². The second kappa shape index (κ2) is 20.9. The molecule has 0 bridgehead atoms. The highest BCUT2D eigenvalue weighted by atomic mass is 32.1. The maximum atomic E-state index is 14.0. The van der Waals surface area contributed by atoms with Crippen LogP contribution in [-0.4, -0.2) is 115 Å². The largest absolute Gasteiger partial charge is 0.507 e. The number of thiazole rings is 1. The highest BCUT2D eigenvalue weighted by Crippen LogP contribution is 2.33. The SMILES string of the molecule is Cc1ncsc1-c1ccc(CNC(=O)[C@@H]2C[C@@H](O)CN2C(=O)[C@@H](NC(=O)CCCCCCCNCCC(=O)N2CC(c3cc4cc(-c5ccccc5O)nnc4[nH]3)C2)C(C)(C)C)cc1. The molecular weight excluding hydrogens is 831 g/mol. The predicted octanol–water partition coefficient (Wildman–Crippen LogP) is 5.82. The molecule has 3 aromatic heterocycles. The van der Waals surface area contributed by atoms with E-state index in [0.29, 0.717) is 55.8 Å². The van der Waals surface area contributed by atoms with Crippen LogP contribution >= 0.6 is 11.3 Å². The molecule has 7 rings (SSSR count). The molecule has 2 saturated heterocycles. The number of phenolic OH excluding ortho intramolecular Hbond substituents is 1. The van der Waals surface area contributed by atoms with E-state index in [1.54, 1.807) is 23.5 Å². The second-order valence-corrected chi connectivity index (χ2v) is 19.1. The van der Waals surface area contributed by atoms with Crippen LogP contribution < -0.4 is 16.0 Å². The standard InChI is InChI=1S/C48H61N9O6S/c1-30-43(64-29-51-30)32-17-15-31(16-18-32)25-50-46(62)39-24-35(58)28-57(39)47(63)44(48(2,3)4)53-41(60)14-8-6-5-7-11-20-49-21-19-42(61)56-26-34(27-56)37-22-33-23-38(54-55-45(33)52-37)36-12-9-10-13-40(36)59/h9-10,12-13,15-18,22-23,29,34-35,39,44,49,58-59H,5-8,11,14,19-21,24-28H2,1-4H3,(H,50,62)(H,52,55)(H,53,60)/t35-,39+,44-/m1/s1. The number of aromatic nitrogens is 4. The minimum atomic E-state index is -0.856. The molecule has 2 aliphatic rings. The minimum absolute atomic E-state index is 0.0289. The van der Waals surface area contributed by atoms with Crippen LogP contribution in [0.4, 0.5) is 0 Å². The molecule has 5 heterocycles. The number of hydrogen-bond acceptors (Lipinski definition) is 11. The molecule has 16 heteroatoms. The van der Waals surface area contributed by atoms with Crippen molar-refractivity contribution in [3.63, 3.8) is 0 Å². The Balaban J connectivity index is 0.753. The Morgan fingerprint density at radius 3 is 2.41 bits per heavy atom. The minimum Gasteiger partial charge on any atom is -0.507 e. The van der Waals surface area contributed by atoms with Crippen molar-refractivity contribution >= 4 is 46.0 Å². The lowest BCUT2D eigenvalue weighted by atomic mass is 9.85. The number of fused-ring (bicyclic) bond motifs is 1. The first-order valence-corrected chi connectivity index (χ1v) is 23.3. The van der Waals surface area contributed by atoms with Crippen LogP contribution in [-0.2, 0) is 25.7 Å². The van der Waals surface area contributed by atoms with E-state index in [-0.39, 0.29) is 54.8 Å². The molecule has 340 valence electrons. The third-order valence-electron chi connectivity index (χ3n) is 12.2. The quantitative estimate of drug-likeness (QED) is 0.0549. The van der Waals surface area contributed by atoms with Gasteiger partial charge in [0.2, 0.25) is 23.6 Å². The first kappa shape index (κ1) is 46.3. The van der Waals surface area contributed by atoms with E-state index in [1.807, 2.05) is 80.6 Å². The van der Waals surface area contributed by atoms with Gasteiger partial charge in [-0.05, 0) is 67.1 Å². The van der Waals surface area contributed by atoms with Crippen molar-refractivity contribution in [3.8, 4) is 27.4 Å². The maximum Gasteiger partial charge on any atom is 0.246 e. The molecule has 64 heavy (non-hydrogen) atoms. The van der Waals surface area contributed by atoms with E-state index in [0.717, 1.165) is 65.0 Å². The molecule has 0 aliphatic carbocycles. The lowest BCUT2D eigenvalue weighted by Crippen LogP contribution is -2.57. The van der Waals surface area contributed by atoms with Crippen LogP contribution in [0.25, 0.3) is 32.7 Å². The van der Waals surface area contributed by atoms with Gasteiger partial charge in [-0.3, -0.25) is 19.2 Å². The van der Waals surface area contributed by atoms with Gasteiger partial charge in [0.05, 0.1) is 27.9 Å². The van der Waals surface area contributed by atoms with Crippen molar-refractivity contribution in [2.24, 2.45) is 5.41 Å². The molecule has 2 fully saturated rings. The summed E-state index contributed by atoms with van der Waals surface area (Å²) in [6.45, 7) is 10.7. The number of likely N-dealkylation sites (tertiary alicyclic amines) is 2. The van der Waals surface area contributed by atoms with Crippen LogP contribution in [0.1, 0.15) is 95.0 Å². The highest BCUT2D eigenvalue weighted by molar-refractivity contribution is 7.13. The number of nitrogens with zero attached hydrogens (tertiary/aromatic N) is 5. The summed E-state index contributed by atoms with van der Waals surface area (Å²) in [5, 5.41) is 39.6. The van der Waals surface area contributed by atoms with Gasteiger partial charge in [-0.1, -0.05) is 76.4 Å². The van der Waals surface area contributed by atoms with E-state index in [4.69, 9.17) is 0 Å². The maximum absolute atomic E-state index is 14.0. The molecule has 0 spiro atoms. The summed E-state index contributed by atoms with van der Waals surface area (Å²) in [7, 11) is 0. The molecule has 15 nitrogen and oxygen atoms in total. The zero-order valence-electron chi connectivity index (χ0n) is 37.2. The average molecular weight is 892 g/mol. The number of benzene rings is 2. The Bertz CT molecular complexity index is 2400. The Kier molecular flexibility index (Phi) is 15.1. The number of para-hydroxylation sites is 1. The lowest BCUT2D eigenvalue weighted by Gasteiger charge is -2.39. The first-order chi connectivity index (χ1) is 30.7. The number of amides is 4. The second-order valence-electron chi connectivity index (χ2n) is 18.2. The fourth-order valence-corrected chi connectivity index (χ4v) is 9.24. The van der Waals surface area contributed by atoms with E-state index in [9.17, 15) is 29.4 Å². The van der Waals surface area contributed by atoms with E-state index in [2.05, 4.69) is 42.2 Å². The summed E-state index contributed by atoms with van der Waals surface area (Å²) in [4.78, 5) is 65.4. The Labute approximate surface area is 378 Å². The predicted molar refractivity (Wildman–Crippen MR) is 247 cm³/mol.